The summed E-state index contributed by atoms with van der Waals surface area (Å²) in [5.74, 6) is -0.437. The van der Waals surface area contributed by atoms with Crippen LogP contribution in [0.2, 0.25) is 5.02 Å². The Labute approximate surface area is 252 Å². The summed E-state index contributed by atoms with van der Waals surface area (Å²) in [6.45, 7) is 1.74. The van der Waals surface area contributed by atoms with Gasteiger partial charge in [-0.3, -0.25) is 18.9 Å². The van der Waals surface area contributed by atoms with E-state index < -0.39 is 22.0 Å². The van der Waals surface area contributed by atoms with Crippen LogP contribution in [0.1, 0.15) is 29.1 Å². The molecule has 1 atom stereocenters. The van der Waals surface area contributed by atoms with Crippen LogP contribution < -0.4 is 26.1 Å². The van der Waals surface area contributed by atoms with Crippen molar-refractivity contribution < 1.29 is 17.9 Å². The van der Waals surface area contributed by atoms with Crippen molar-refractivity contribution in [3.8, 4) is 22.7 Å². The number of carbonyl (C=O) groups excluding carboxylic acids is 1. The first-order valence-corrected chi connectivity index (χ1v) is 15.2. The van der Waals surface area contributed by atoms with Gasteiger partial charge in [-0.2, -0.15) is 0 Å². The molecule has 5 rings (SSSR count). The maximum atomic E-state index is 13.7. The summed E-state index contributed by atoms with van der Waals surface area (Å²) >= 11 is 6.41. The van der Waals surface area contributed by atoms with Crippen LogP contribution in [0.4, 0.5) is 11.5 Å². The molecular weight excluding hydrogens is 592 g/mol. The van der Waals surface area contributed by atoms with Crippen molar-refractivity contribution in [2.24, 2.45) is 0 Å². The second-order valence-corrected chi connectivity index (χ2v) is 11.9. The molecule has 0 aliphatic carbocycles. The topological polar surface area (TPSA) is 158 Å². The van der Waals surface area contributed by atoms with Gasteiger partial charge in [0.05, 0.1) is 47.4 Å². The molecule has 2 aromatic heterocycles. The third-order valence-electron chi connectivity index (χ3n) is 6.64. The SMILES string of the molecule is COc1ccc(-c2cnc(N)c(C(=O)N[C@@H](C)c3cc4cccc(Cl)c4c(=O)n3-c3ccccc3)n2)cc1NS(C)(=O)=O. The van der Waals surface area contributed by atoms with E-state index in [1.54, 1.807) is 55.5 Å². The molecule has 13 heteroatoms. The second kappa shape index (κ2) is 11.7. The number of hydrogen-bond donors (Lipinski definition) is 3. The first-order valence-electron chi connectivity index (χ1n) is 13.0. The highest BCUT2D eigenvalue weighted by atomic mass is 35.5. The number of anilines is 2. The molecule has 0 aliphatic rings. The number of pyridine rings is 1. The summed E-state index contributed by atoms with van der Waals surface area (Å²) in [5, 5.41) is 4.19. The fourth-order valence-corrected chi connectivity index (χ4v) is 5.51. The highest BCUT2D eigenvalue weighted by Gasteiger charge is 2.22. The minimum Gasteiger partial charge on any atom is -0.495 e. The van der Waals surface area contributed by atoms with Crippen molar-refractivity contribution in [1.29, 1.82) is 0 Å². The standard InChI is InChI=1S/C30H27ClN6O5S/c1-17(24-15-19-8-7-11-21(31)26(19)30(39)37(24)20-9-5-4-6-10-20)34-29(38)27-28(32)33-16-23(35-27)18-12-13-25(42-2)22(14-18)36-43(3,40)41/h4-17,36H,1-3H3,(H2,32,33)(H,34,38)/t17-/m0/s1. The lowest BCUT2D eigenvalue weighted by atomic mass is 10.1. The Hall–Kier alpha value is -4.94. The predicted molar refractivity (Wildman–Crippen MR) is 167 cm³/mol. The number of aromatic nitrogens is 3. The van der Waals surface area contributed by atoms with Crippen LogP contribution in [0, 0.1) is 0 Å². The van der Waals surface area contributed by atoms with E-state index in [4.69, 9.17) is 22.1 Å². The summed E-state index contributed by atoms with van der Waals surface area (Å²) in [4.78, 5) is 35.8. The van der Waals surface area contributed by atoms with Gasteiger partial charge in [0.1, 0.15) is 5.75 Å². The van der Waals surface area contributed by atoms with Crippen molar-refractivity contribution in [3.05, 3.63) is 106 Å². The summed E-state index contributed by atoms with van der Waals surface area (Å²) < 4.78 is 32.9. The fraction of sp³-hybridized carbons (Fsp3) is 0.133. The number of ether oxygens (including phenoxy) is 1. The zero-order valence-electron chi connectivity index (χ0n) is 23.3. The highest BCUT2D eigenvalue weighted by molar-refractivity contribution is 7.92. The molecule has 0 bridgehead atoms. The fourth-order valence-electron chi connectivity index (χ4n) is 4.69. The van der Waals surface area contributed by atoms with Gasteiger partial charge in [-0.05, 0) is 54.8 Å². The molecule has 11 nitrogen and oxygen atoms in total. The van der Waals surface area contributed by atoms with E-state index in [2.05, 4.69) is 20.0 Å². The molecule has 0 aliphatic heterocycles. The number of para-hydroxylation sites is 1. The normalized spacial score (nSPS) is 12.1. The molecule has 0 saturated carbocycles. The Morgan fingerprint density at radius 2 is 1.81 bits per heavy atom. The summed E-state index contributed by atoms with van der Waals surface area (Å²) in [7, 11) is -2.19. The molecule has 2 heterocycles. The van der Waals surface area contributed by atoms with E-state index in [1.165, 1.54) is 23.9 Å². The van der Waals surface area contributed by atoms with Crippen LogP contribution in [0.3, 0.4) is 0 Å². The number of nitrogens with two attached hydrogens (primary N) is 1. The minimum absolute atomic E-state index is 0.109. The molecule has 0 unspecified atom stereocenters. The molecule has 0 fully saturated rings. The molecule has 0 spiro atoms. The van der Waals surface area contributed by atoms with Crippen LogP contribution in [0.5, 0.6) is 5.75 Å². The lowest BCUT2D eigenvalue weighted by Crippen LogP contribution is -2.33. The third-order valence-corrected chi connectivity index (χ3v) is 7.54. The van der Waals surface area contributed by atoms with E-state index >= 15 is 0 Å². The molecule has 0 radical (unpaired) electrons. The zero-order chi connectivity index (χ0) is 30.9. The molecule has 4 N–H and O–H groups in total. The number of benzene rings is 3. The largest absolute Gasteiger partial charge is 0.495 e. The Balaban J connectivity index is 1.53. The average Bonchev–Trinajstić information content (AvgIpc) is 2.96. The number of nitrogens with one attached hydrogen (secondary N) is 2. The summed E-state index contributed by atoms with van der Waals surface area (Å²) in [6, 6.07) is 20.1. The summed E-state index contributed by atoms with van der Waals surface area (Å²) in [5.41, 5.74) is 7.62. The molecule has 220 valence electrons. The van der Waals surface area contributed by atoms with E-state index in [-0.39, 0.29) is 28.5 Å². The number of nitrogens with zero attached hydrogens (tertiary/aromatic N) is 3. The Morgan fingerprint density at radius 3 is 2.51 bits per heavy atom. The third kappa shape index (κ3) is 6.15. The number of hydrogen-bond acceptors (Lipinski definition) is 8. The number of rotatable bonds is 8. The van der Waals surface area contributed by atoms with E-state index in [9.17, 15) is 18.0 Å². The van der Waals surface area contributed by atoms with E-state index in [0.29, 0.717) is 38.5 Å². The van der Waals surface area contributed by atoms with E-state index in [1.807, 2.05) is 18.2 Å². The Morgan fingerprint density at radius 1 is 1.07 bits per heavy atom. The van der Waals surface area contributed by atoms with Crippen LogP contribution >= 0.6 is 11.6 Å². The van der Waals surface area contributed by atoms with Crippen molar-refractivity contribution in [3.63, 3.8) is 0 Å². The van der Waals surface area contributed by atoms with Crippen LogP contribution in [-0.2, 0) is 10.0 Å². The molecular formula is C30H27ClN6O5S. The molecule has 43 heavy (non-hydrogen) atoms. The Bertz CT molecular complexity index is 2030. The van der Waals surface area contributed by atoms with Crippen LogP contribution in [0.15, 0.2) is 83.8 Å². The Kier molecular flexibility index (Phi) is 8.07. The van der Waals surface area contributed by atoms with Gasteiger partial charge in [0, 0.05) is 16.9 Å². The van der Waals surface area contributed by atoms with E-state index in [0.717, 1.165) is 6.26 Å². The van der Waals surface area contributed by atoms with Gasteiger partial charge in [0.2, 0.25) is 10.0 Å². The molecule has 3 aromatic carbocycles. The van der Waals surface area contributed by atoms with Crippen molar-refractivity contribution in [1.82, 2.24) is 19.9 Å². The quantitative estimate of drug-likeness (QED) is 0.228. The van der Waals surface area contributed by atoms with Gasteiger partial charge < -0.3 is 15.8 Å². The lowest BCUT2D eigenvalue weighted by Gasteiger charge is -2.21. The van der Waals surface area contributed by atoms with Gasteiger partial charge >= 0.3 is 0 Å². The number of carbonyl (C=O) groups is 1. The monoisotopic (exact) mass is 618 g/mol. The molecule has 0 saturated heterocycles. The van der Waals surface area contributed by atoms with Gasteiger partial charge in [-0.1, -0.05) is 41.9 Å². The van der Waals surface area contributed by atoms with Gasteiger partial charge in [-0.25, -0.2) is 18.4 Å². The van der Waals surface area contributed by atoms with Crippen LogP contribution in [-0.4, -0.2) is 42.2 Å². The number of fused-ring (bicyclic) bond motifs is 1. The average molecular weight is 619 g/mol. The van der Waals surface area contributed by atoms with Gasteiger partial charge in [-0.15, -0.1) is 0 Å². The zero-order valence-corrected chi connectivity index (χ0v) is 24.9. The lowest BCUT2D eigenvalue weighted by molar-refractivity contribution is 0.0934. The smallest absolute Gasteiger partial charge is 0.274 e. The van der Waals surface area contributed by atoms with Crippen LogP contribution in [0.25, 0.3) is 27.7 Å². The van der Waals surface area contributed by atoms with Crippen molar-refractivity contribution >= 4 is 49.8 Å². The highest BCUT2D eigenvalue weighted by Crippen LogP contribution is 2.31. The number of sulfonamides is 1. The number of amides is 1. The maximum Gasteiger partial charge on any atom is 0.274 e. The maximum absolute atomic E-state index is 13.7. The summed E-state index contributed by atoms with van der Waals surface area (Å²) in [6.07, 6.45) is 2.40. The van der Waals surface area contributed by atoms with Crippen molar-refractivity contribution in [2.75, 3.05) is 23.8 Å². The van der Waals surface area contributed by atoms with Gasteiger partial charge in [0.25, 0.3) is 11.5 Å². The first-order chi connectivity index (χ1) is 20.5. The van der Waals surface area contributed by atoms with Gasteiger partial charge in [0.15, 0.2) is 11.5 Å². The van der Waals surface area contributed by atoms with Crippen molar-refractivity contribution in [2.45, 2.75) is 13.0 Å². The predicted octanol–water partition coefficient (Wildman–Crippen LogP) is 4.55. The minimum atomic E-state index is -3.60. The second-order valence-electron chi connectivity index (χ2n) is 9.72. The first kappa shape index (κ1) is 29.5. The number of methoxy groups -OCH3 is 1. The molecule has 1 amide bonds. The number of halogens is 1. The molecule has 5 aromatic rings. The number of nitrogen functional groups attached to an aromatic ring is 1.